The molecule has 0 bridgehead atoms. The van der Waals surface area contributed by atoms with E-state index in [1.54, 1.807) is 19.2 Å². The molecule has 0 amide bonds. The van der Waals surface area contributed by atoms with E-state index in [-0.39, 0.29) is 6.04 Å². The number of ether oxygens (including phenoxy) is 1. The van der Waals surface area contributed by atoms with Gasteiger partial charge in [-0.3, -0.25) is 0 Å². The van der Waals surface area contributed by atoms with Crippen molar-refractivity contribution in [3.05, 3.63) is 35.0 Å². The molecule has 0 aliphatic heterocycles. The Morgan fingerprint density at radius 3 is 2.94 bits per heavy atom. The molecule has 2 N–H and O–H groups in total. The zero-order valence-corrected chi connectivity index (χ0v) is 11.1. The molecular formula is C13H15ClN2O2. The molecular weight excluding hydrogens is 252 g/mol. The monoisotopic (exact) mass is 266 g/mol. The van der Waals surface area contributed by atoms with Gasteiger partial charge < -0.3 is 15.0 Å². The number of aromatic nitrogens is 1. The van der Waals surface area contributed by atoms with Crippen LogP contribution in [-0.2, 0) is 0 Å². The van der Waals surface area contributed by atoms with E-state index in [9.17, 15) is 0 Å². The Balaban J connectivity index is 2.46. The summed E-state index contributed by atoms with van der Waals surface area (Å²) < 4.78 is 10.5. The lowest BCUT2D eigenvalue weighted by molar-refractivity contribution is 0.360. The molecule has 0 fully saturated rings. The summed E-state index contributed by atoms with van der Waals surface area (Å²) >= 11 is 6.17. The third-order valence-electron chi connectivity index (χ3n) is 2.79. The van der Waals surface area contributed by atoms with Crippen LogP contribution in [0.4, 0.5) is 0 Å². The lowest BCUT2D eigenvalue weighted by Gasteiger charge is -2.06. The van der Waals surface area contributed by atoms with Gasteiger partial charge in [0.25, 0.3) is 0 Å². The van der Waals surface area contributed by atoms with Crippen molar-refractivity contribution in [2.75, 3.05) is 7.11 Å². The normalized spacial score (nSPS) is 12.4. The van der Waals surface area contributed by atoms with E-state index in [2.05, 4.69) is 5.16 Å². The van der Waals surface area contributed by atoms with Crippen LogP contribution < -0.4 is 10.5 Å². The van der Waals surface area contributed by atoms with Crippen LogP contribution in [0.3, 0.4) is 0 Å². The lowest BCUT2D eigenvalue weighted by Crippen LogP contribution is -2.06. The van der Waals surface area contributed by atoms with Crippen LogP contribution in [0.5, 0.6) is 5.75 Å². The molecule has 4 nitrogen and oxygen atoms in total. The minimum absolute atomic E-state index is 0.153. The van der Waals surface area contributed by atoms with Crippen LogP contribution in [0.25, 0.3) is 11.3 Å². The van der Waals surface area contributed by atoms with Gasteiger partial charge >= 0.3 is 0 Å². The Bertz CT molecular complexity index is 540. The Labute approximate surface area is 111 Å². The van der Waals surface area contributed by atoms with Crippen molar-refractivity contribution in [1.82, 2.24) is 5.16 Å². The Morgan fingerprint density at radius 2 is 2.28 bits per heavy atom. The Kier molecular flexibility index (Phi) is 3.89. The average Bonchev–Trinajstić information content (AvgIpc) is 2.86. The van der Waals surface area contributed by atoms with Crippen LogP contribution >= 0.6 is 11.6 Å². The molecule has 1 unspecified atom stereocenters. The summed E-state index contributed by atoms with van der Waals surface area (Å²) in [5.74, 6) is 1.31. The highest BCUT2D eigenvalue weighted by Crippen LogP contribution is 2.36. The smallest absolute Gasteiger partial charge is 0.154 e. The fourth-order valence-electron chi connectivity index (χ4n) is 1.71. The second-order valence-electron chi connectivity index (χ2n) is 3.95. The number of benzene rings is 1. The molecule has 0 aliphatic carbocycles. The summed E-state index contributed by atoms with van der Waals surface area (Å²) in [7, 11) is 1.59. The molecule has 2 rings (SSSR count). The second kappa shape index (κ2) is 5.42. The van der Waals surface area contributed by atoms with Gasteiger partial charge in [0.2, 0.25) is 0 Å². The number of rotatable bonds is 4. The van der Waals surface area contributed by atoms with E-state index in [0.29, 0.717) is 22.2 Å². The maximum absolute atomic E-state index is 6.17. The van der Waals surface area contributed by atoms with Crippen molar-refractivity contribution in [2.45, 2.75) is 19.4 Å². The van der Waals surface area contributed by atoms with Gasteiger partial charge in [-0.15, -0.1) is 0 Å². The molecule has 0 aliphatic rings. The van der Waals surface area contributed by atoms with Gasteiger partial charge in [-0.1, -0.05) is 29.7 Å². The molecule has 2 aromatic rings. The van der Waals surface area contributed by atoms with Crippen molar-refractivity contribution in [1.29, 1.82) is 0 Å². The minimum atomic E-state index is -0.153. The van der Waals surface area contributed by atoms with Gasteiger partial charge in [-0.2, -0.15) is 0 Å². The first-order valence-electron chi connectivity index (χ1n) is 5.72. The largest absolute Gasteiger partial charge is 0.496 e. The third-order valence-corrected chi connectivity index (χ3v) is 3.10. The molecule has 0 spiro atoms. The van der Waals surface area contributed by atoms with Crippen LogP contribution in [0.15, 0.2) is 28.8 Å². The van der Waals surface area contributed by atoms with Crippen LogP contribution in [0, 0.1) is 0 Å². The van der Waals surface area contributed by atoms with Crippen molar-refractivity contribution >= 4 is 11.6 Å². The zero-order valence-electron chi connectivity index (χ0n) is 10.3. The predicted octanol–water partition coefficient (Wildman–Crippen LogP) is 3.41. The van der Waals surface area contributed by atoms with E-state index < -0.39 is 0 Å². The summed E-state index contributed by atoms with van der Waals surface area (Å²) in [5.41, 5.74) is 7.25. The highest BCUT2D eigenvalue weighted by atomic mass is 35.5. The molecule has 96 valence electrons. The quantitative estimate of drug-likeness (QED) is 0.921. The first-order valence-corrected chi connectivity index (χ1v) is 6.10. The minimum Gasteiger partial charge on any atom is -0.496 e. The second-order valence-corrected chi connectivity index (χ2v) is 4.35. The molecule has 5 heteroatoms. The first-order chi connectivity index (χ1) is 8.67. The zero-order chi connectivity index (χ0) is 13.1. The maximum Gasteiger partial charge on any atom is 0.154 e. The standard InChI is InChI=1S/C13H15ClN2O2/c1-3-9(15)12-7-10(16-18-12)13-8(14)5-4-6-11(13)17-2/h4-7,9H,3,15H2,1-2H3. The number of hydrogen-bond donors (Lipinski definition) is 1. The van der Waals surface area contributed by atoms with Gasteiger partial charge in [0.1, 0.15) is 11.4 Å². The highest BCUT2D eigenvalue weighted by Gasteiger charge is 2.17. The summed E-state index contributed by atoms with van der Waals surface area (Å²) in [6.07, 6.45) is 0.786. The van der Waals surface area contributed by atoms with Gasteiger partial charge in [0.05, 0.1) is 23.7 Å². The number of nitrogens with two attached hydrogens (primary N) is 1. The number of hydrogen-bond acceptors (Lipinski definition) is 4. The number of methoxy groups -OCH3 is 1. The molecule has 1 aromatic carbocycles. The fourth-order valence-corrected chi connectivity index (χ4v) is 1.97. The lowest BCUT2D eigenvalue weighted by atomic mass is 10.1. The van der Waals surface area contributed by atoms with Crippen molar-refractivity contribution < 1.29 is 9.26 Å². The molecule has 0 radical (unpaired) electrons. The first kappa shape index (κ1) is 12.9. The Morgan fingerprint density at radius 1 is 1.50 bits per heavy atom. The van der Waals surface area contributed by atoms with Gasteiger partial charge in [-0.05, 0) is 18.6 Å². The summed E-state index contributed by atoms with van der Waals surface area (Å²) in [4.78, 5) is 0. The van der Waals surface area contributed by atoms with Crippen molar-refractivity contribution in [2.24, 2.45) is 5.73 Å². The highest BCUT2D eigenvalue weighted by molar-refractivity contribution is 6.33. The van der Waals surface area contributed by atoms with E-state index in [4.69, 9.17) is 26.6 Å². The predicted molar refractivity (Wildman–Crippen MR) is 70.7 cm³/mol. The van der Waals surface area contributed by atoms with E-state index in [1.165, 1.54) is 0 Å². The molecule has 1 heterocycles. The van der Waals surface area contributed by atoms with Crippen LogP contribution in [0.2, 0.25) is 5.02 Å². The van der Waals surface area contributed by atoms with Crippen LogP contribution in [-0.4, -0.2) is 12.3 Å². The maximum atomic E-state index is 6.17. The fraction of sp³-hybridized carbons (Fsp3) is 0.308. The average molecular weight is 267 g/mol. The SMILES string of the molecule is CCC(N)c1cc(-c2c(Cl)cccc2OC)no1. The van der Waals surface area contributed by atoms with Gasteiger partial charge in [0, 0.05) is 6.07 Å². The summed E-state index contributed by atoms with van der Waals surface area (Å²) in [6, 6.07) is 7.09. The van der Waals surface area contributed by atoms with Crippen molar-refractivity contribution in [3.63, 3.8) is 0 Å². The molecule has 1 atom stereocenters. The number of nitrogens with zero attached hydrogens (tertiary/aromatic N) is 1. The Hall–Kier alpha value is -1.52. The molecule has 18 heavy (non-hydrogen) atoms. The molecule has 1 aromatic heterocycles. The van der Waals surface area contributed by atoms with E-state index in [0.717, 1.165) is 12.0 Å². The van der Waals surface area contributed by atoms with Crippen LogP contribution in [0.1, 0.15) is 25.1 Å². The molecule has 0 saturated carbocycles. The molecule has 0 saturated heterocycles. The topological polar surface area (TPSA) is 61.3 Å². The van der Waals surface area contributed by atoms with Gasteiger partial charge in [-0.25, -0.2) is 0 Å². The number of halogens is 1. The summed E-state index contributed by atoms with van der Waals surface area (Å²) in [5, 5.41) is 4.57. The van der Waals surface area contributed by atoms with Gasteiger partial charge in [0.15, 0.2) is 5.76 Å². The summed E-state index contributed by atoms with van der Waals surface area (Å²) in [6.45, 7) is 1.99. The van der Waals surface area contributed by atoms with E-state index in [1.807, 2.05) is 19.1 Å². The van der Waals surface area contributed by atoms with Crippen molar-refractivity contribution in [3.8, 4) is 17.0 Å². The third kappa shape index (κ3) is 2.35. The van der Waals surface area contributed by atoms with E-state index >= 15 is 0 Å².